The Morgan fingerprint density at radius 2 is 2.05 bits per heavy atom. The summed E-state index contributed by atoms with van der Waals surface area (Å²) in [5.74, 6) is -0.183. The summed E-state index contributed by atoms with van der Waals surface area (Å²) in [6.45, 7) is 6.12. The van der Waals surface area contributed by atoms with Gasteiger partial charge in [-0.05, 0) is 37.5 Å². The van der Waals surface area contributed by atoms with Gasteiger partial charge in [-0.3, -0.25) is 0 Å². The molecule has 108 valence electrons. The zero-order valence-corrected chi connectivity index (χ0v) is 12.1. The van der Waals surface area contributed by atoms with Gasteiger partial charge in [0.1, 0.15) is 5.82 Å². The molecule has 1 atom stereocenters. The minimum absolute atomic E-state index is 0.183. The number of benzene rings is 1. The lowest BCUT2D eigenvalue weighted by atomic mass is 10.1. The van der Waals surface area contributed by atoms with Crippen LogP contribution in [0.4, 0.5) is 4.39 Å². The smallest absolute Gasteiger partial charge is 0.123 e. The molecule has 0 radical (unpaired) electrons. The van der Waals surface area contributed by atoms with E-state index in [4.69, 9.17) is 0 Å². The molecule has 0 aliphatic heterocycles. The van der Waals surface area contributed by atoms with Crippen molar-refractivity contribution in [2.45, 2.75) is 45.8 Å². The van der Waals surface area contributed by atoms with Crippen molar-refractivity contribution in [3.05, 3.63) is 53.9 Å². The Labute approximate surface area is 119 Å². The van der Waals surface area contributed by atoms with Crippen LogP contribution in [-0.4, -0.2) is 15.6 Å². The van der Waals surface area contributed by atoms with Gasteiger partial charge in [0.05, 0.1) is 12.0 Å². The fourth-order valence-electron chi connectivity index (χ4n) is 2.26. The Morgan fingerprint density at radius 3 is 2.75 bits per heavy atom. The van der Waals surface area contributed by atoms with Crippen molar-refractivity contribution in [2.24, 2.45) is 0 Å². The van der Waals surface area contributed by atoms with Gasteiger partial charge in [0.25, 0.3) is 0 Å². The second-order valence-corrected chi connectivity index (χ2v) is 5.19. The van der Waals surface area contributed by atoms with Gasteiger partial charge in [0.2, 0.25) is 0 Å². The standard InChI is InChI=1S/C16H22FN3/c1-3-8-20-12-18-10-16(20)11-19-13(2)9-14-4-6-15(17)7-5-14/h4-7,10,12-13,19H,3,8-9,11H2,1-2H3. The molecule has 2 aromatic rings. The van der Waals surface area contributed by atoms with E-state index in [0.29, 0.717) is 6.04 Å². The summed E-state index contributed by atoms with van der Waals surface area (Å²) in [5, 5.41) is 3.49. The normalized spacial score (nSPS) is 12.6. The van der Waals surface area contributed by atoms with Gasteiger partial charge in [-0.1, -0.05) is 19.1 Å². The number of hydrogen-bond donors (Lipinski definition) is 1. The zero-order chi connectivity index (χ0) is 14.4. The molecule has 0 bridgehead atoms. The number of rotatable bonds is 7. The number of hydrogen-bond acceptors (Lipinski definition) is 2. The predicted molar refractivity (Wildman–Crippen MR) is 78.9 cm³/mol. The molecule has 3 nitrogen and oxygen atoms in total. The molecule has 0 aliphatic rings. The molecule has 20 heavy (non-hydrogen) atoms. The fraction of sp³-hybridized carbons (Fsp3) is 0.438. The maximum atomic E-state index is 12.8. The summed E-state index contributed by atoms with van der Waals surface area (Å²) in [5.41, 5.74) is 2.35. The van der Waals surface area contributed by atoms with Gasteiger partial charge in [-0.25, -0.2) is 9.37 Å². The molecule has 1 N–H and O–H groups in total. The van der Waals surface area contributed by atoms with E-state index in [0.717, 1.165) is 31.5 Å². The topological polar surface area (TPSA) is 29.9 Å². The van der Waals surface area contributed by atoms with Crippen LogP contribution in [0.1, 0.15) is 31.5 Å². The SMILES string of the molecule is CCCn1cncc1CNC(C)Cc1ccc(F)cc1. The zero-order valence-electron chi connectivity index (χ0n) is 12.1. The van der Waals surface area contributed by atoms with Gasteiger partial charge in [0.15, 0.2) is 0 Å². The molecule has 2 rings (SSSR count). The minimum Gasteiger partial charge on any atom is -0.333 e. The highest BCUT2D eigenvalue weighted by Gasteiger charge is 2.06. The van der Waals surface area contributed by atoms with E-state index in [2.05, 4.69) is 28.7 Å². The lowest BCUT2D eigenvalue weighted by Crippen LogP contribution is -2.28. The van der Waals surface area contributed by atoms with E-state index in [9.17, 15) is 4.39 Å². The quantitative estimate of drug-likeness (QED) is 0.841. The molecule has 1 unspecified atom stereocenters. The summed E-state index contributed by atoms with van der Waals surface area (Å²) in [6, 6.07) is 7.05. The highest BCUT2D eigenvalue weighted by Crippen LogP contribution is 2.07. The fourth-order valence-corrected chi connectivity index (χ4v) is 2.26. The van der Waals surface area contributed by atoms with Gasteiger partial charge in [-0.2, -0.15) is 0 Å². The Morgan fingerprint density at radius 1 is 1.30 bits per heavy atom. The van der Waals surface area contributed by atoms with Crippen molar-refractivity contribution in [1.82, 2.24) is 14.9 Å². The first-order valence-corrected chi connectivity index (χ1v) is 7.16. The summed E-state index contributed by atoms with van der Waals surface area (Å²) >= 11 is 0. The molecular formula is C16H22FN3. The van der Waals surface area contributed by atoms with Crippen LogP contribution in [0.3, 0.4) is 0 Å². The highest BCUT2D eigenvalue weighted by molar-refractivity contribution is 5.17. The third-order valence-electron chi connectivity index (χ3n) is 3.35. The van der Waals surface area contributed by atoms with Crippen molar-refractivity contribution < 1.29 is 4.39 Å². The molecule has 0 amide bonds. The first kappa shape index (κ1) is 14.7. The highest BCUT2D eigenvalue weighted by atomic mass is 19.1. The third kappa shape index (κ3) is 4.17. The number of nitrogens with one attached hydrogen (secondary N) is 1. The molecular weight excluding hydrogens is 253 g/mol. The second kappa shape index (κ2) is 7.20. The van der Waals surface area contributed by atoms with Crippen molar-refractivity contribution in [1.29, 1.82) is 0 Å². The van der Waals surface area contributed by atoms with E-state index >= 15 is 0 Å². The van der Waals surface area contributed by atoms with Crippen LogP contribution in [0.15, 0.2) is 36.8 Å². The molecule has 0 saturated carbocycles. The second-order valence-electron chi connectivity index (χ2n) is 5.19. The van der Waals surface area contributed by atoms with Gasteiger partial charge < -0.3 is 9.88 Å². The van der Waals surface area contributed by atoms with Gasteiger partial charge >= 0.3 is 0 Å². The average molecular weight is 275 g/mol. The predicted octanol–water partition coefficient (Wildman–Crippen LogP) is 3.15. The number of aromatic nitrogens is 2. The molecule has 1 heterocycles. The van der Waals surface area contributed by atoms with Crippen molar-refractivity contribution in [2.75, 3.05) is 0 Å². The van der Waals surface area contributed by atoms with E-state index in [1.54, 1.807) is 0 Å². The maximum absolute atomic E-state index is 12.8. The third-order valence-corrected chi connectivity index (χ3v) is 3.35. The summed E-state index contributed by atoms with van der Waals surface area (Å²) < 4.78 is 15.0. The number of aryl methyl sites for hydroxylation is 1. The average Bonchev–Trinajstić information content (AvgIpc) is 2.87. The number of imidazole rings is 1. The van der Waals surface area contributed by atoms with Crippen LogP contribution in [0, 0.1) is 5.82 Å². The molecule has 0 spiro atoms. The van der Waals surface area contributed by atoms with Gasteiger partial charge in [-0.15, -0.1) is 0 Å². The number of halogens is 1. The number of nitrogens with zero attached hydrogens (tertiary/aromatic N) is 2. The molecule has 1 aromatic heterocycles. The summed E-state index contributed by atoms with van der Waals surface area (Å²) in [7, 11) is 0. The lowest BCUT2D eigenvalue weighted by Gasteiger charge is -2.15. The van der Waals surface area contributed by atoms with Crippen LogP contribution < -0.4 is 5.32 Å². The van der Waals surface area contributed by atoms with Gasteiger partial charge in [0, 0.05) is 25.3 Å². The van der Waals surface area contributed by atoms with E-state index in [1.807, 2.05) is 24.7 Å². The molecule has 0 saturated heterocycles. The Kier molecular flexibility index (Phi) is 5.30. The van der Waals surface area contributed by atoms with Crippen molar-refractivity contribution >= 4 is 0 Å². The van der Waals surface area contributed by atoms with Crippen molar-refractivity contribution in [3.8, 4) is 0 Å². The van der Waals surface area contributed by atoms with Crippen LogP contribution >= 0.6 is 0 Å². The Balaban J connectivity index is 1.84. The monoisotopic (exact) mass is 275 g/mol. The van der Waals surface area contributed by atoms with E-state index in [1.165, 1.54) is 17.8 Å². The summed E-state index contributed by atoms with van der Waals surface area (Å²) in [4.78, 5) is 4.19. The van der Waals surface area contributed by atoms with Crippen LogP contribution in [-0.2, 0) is 19.5 Å². The minimum atomic E-state index is -0.183. The molecule has 0 aliphatic carbocycles. The summed E-state index contributed by atoms with van der Waals surface area (Å²) in [6.07, 6.45) is 5.79. The molecule has 0 fully saturated rings. The lowest BCUT2D eigenvalue weighted by molar-refractivity contribution is 0.521. The van der Waals surface area contributed by atoms with Crippen LogP contribution in [0.2, 0.25) is 0 Å². The largest absolute Gasteiger partial charge is 0.333 e. The van der Waals surface area contributed by atoms with Crippen LogP contribution in [0.25, 0.3) is 0 Å². The van der Waals surface area contributed by atoms with Crippen LogP contribution in [0.5, 0.6) is 0 Å². The van der Waals surface area contributed by atoms with Crippen molar-refractivity contribution in [3.63, 3.8) is 0 Å². The first-order chi connectivity index (χ1) is 9.69. The van der Waals surface area contributed by atoms with E-state index in [-0.39, 0.29) is 5.82 Å². The molecule has 4 heteroatoms. The molecule has 1 aromatic carbocycles. The first-order valence-electron chi connectivity index (χ1n) is 7.16. The Bertz CT molecular complexity index is 519. The van der Waals surface area contributed by atoms with E-state index < -0.39 is 0 Å². The maximum Gasteiger partial charge on any atom is 0.123 e. The Hall–Kier alpha value is -1.68.